The van der Waals surface area contributed by atoms with E-state index in [9.17, 15) is 4.79 Å². The summed E-state index contributed by atoms with van der Waals surface area (Å²) < 4.78 is 1.00. The van der Waals surface area contributed by atoms with Crippen molar-refractivity contribution in [3.05, 3.63) is 46.5 Å². The molecule has 118 valence electrons. The van der Waals surface area contributed by atoms with E-state index in [1.54, 1.807) is 0 Å². The van der Waals surface area contributed by atoms with Gasteiger partial charge in [0.05, 0.1) is 0 Å². The van der Waals surface area contributed by atoms with Crippen molar-refractivity contribution in [2.45, 2.75) is 37.8 Å². The minimum absolute atomic E-state index is 0.136. The highest BCUT2D eigenvalue weighted by atomic mass is 79.9. The molecule has 1 fully saturated rings. The molecule has 0 spiro atoms. The number of amides is 1. The molecule has 1 aromatic rings. The van der Waals surface area contributed by atoms with E-state index in [1.165, 1.54) is 19.3 Å². The smallest absolute Gasteiger partial charge is 0.253 e. The SMILES string of the molecule is CN(C(=O)c1ccc(Br)cc1)[C@H]1CCCC[C@@H]1N1CC=CC1. The molecule has 0 unspecified atom stereocenters. The molecule has 1 aromatic carbocycles. The van der Waals surface area contributed by atoms with Gasteiger partial charge >= 0.3 is 0 Å². The summed E-state index contributed by atoms with van der Waals surface area (Å²) in [4.78, 5) is 17.3. The molecule has 1 saturated carbocycles. The Kier molecular flexibility index (Phi) is 4.99. The summed E-state index contributed by atoms with van der Waals surface area (Å²) in [6, 6.07) is 8.49. The van der Waals surface area contributed by atoms with Gasteiger partial charge in [0.15, 0.2) is 0 Å². The third kappa shape index (κ3) is 3.28. The minimum atomic E-state index is 0.136. The Morgan fingerprint density at radius 2 is 1.77 bits per heavy atom. The van der Waals surface area contributed by atoms with Gasteiger partial charge in [-0.15, -0.1) is 0 Å². The van der Waals surface area contributed by atoms with E-state index in [2.05, 4.69) is 33.0 Å². The highest BCUT2D eigenvalue weighted by molar-refractivity contribution is 9.10. The van der Waals surface area contributed by atoms with E-state index in [-0.39, 0.29) is 5.91 Å². The molecule has 0 aromatic heterocycles. The molecule has 2 aliphatic rings. The topological polar surface area (TPSA) is 23.6 Å². The molecule has 1 amide bonds. The lowest BCUT2D eigenvalue weighted by molar-refractivity contribution is 0.0507. The maximum atomic E-state index is 12.8. The number of halogens is 1. The van der Waals surface area contributed by atoms with Crippen LogP contribution in [-0.2, 0) is 0 Å². The van der Waals surface area contributed by atoms with Gasteiger partial charge in [-0.3, -0.25) is 9.69 Å². The normalized spacial score (nSPS) is 25.4. The summed E-state index contributed by atoms with van der Waals surface area (Å²) in [6.07, 6.45) is 9.28. The van der Waals surface area contributed by atoms with Crippen LogP contribution in [0.15, 0.2) is 40.9 Å². The van der Waals surface area contributed by atoms with Crippen LogP contribution in [0.25, 0.3) is 0 Å². The summed E-state index contributed by atoms with van der Waals surface area (Å²) >= 11 is 3.42. The quantitative estimate of drug-likeness (QED) is 0.765. The van der Waals surface area contributed by atoms with Crippen LogP contribution in [0.3, 0.4) is 0 Å². The van der Waals surface area contributed by atoms with Gasteiger partial charge in [-0.05, 0) is 37.1 Å². The maximum Gasteiger partial charge on any atom is 0.253 e. The summed E-state index contributed by atoms with van der Waals surface area (Å²) in [5.41, 5.74) is 0.773. The summed E-state index contributed by atoms with van der Waals surface area (Å²) in [5.74, 6) is 0.136. The minimum Gasteiger partial charge on any atom is -0.337 e. The van der Waals surface area contributed by atoms with Gasteiger partial charge in [0, 0.05) is 42.3 Å². The molecule has 0 N–H and O–H groups in total. The Hall–Kier alpha value is -1.13. The number of nitrogens with zero attached hydrogens (tertiary/aromatic N) is 2. The van der Waals surface area contributed by atoms with Crippen LogP contribution in [-0.4, -0.2) is 47.9 Å². The first-order valence-electron chi connectivity index (χ1n) is 8.08. The van der Waals surface area contributed by atoms with Crippen molar-refractivity contribution in [3.63, 3.8) is 0 Å². The average Bonchev–Trinajstić information content (AvgIpc) is 3.08. The highest BCUT2D eigenvalue weighted by Crippen LogP contribution is 2.28. The fourth-order valence-corrected chi connectivity index (χ4v) is 3.95. The molecule has 3 rings (SSSR count). The Morgan fingerprint density at radius 1 is 1.14 bits per heavy atom. The lowest BCUT2D eigenvalue weighted by Gasteiger charge is -2.42. The van der Waals surface area contributed by atoms with E-state index >= 15 is 0 Å². The summed E-state index contributed by atoms with van der Waals surface area (Å²) in [5, 5.41) is 0. The standard InChI is InChI=1S/C18H23BrN2O/c1-20(18(22)14-8-10-15(19)11-9-14)16-6-2-3-7-17(16)21-12-4-5-13-21/h4-5,8-11,16-17H,2-3,6-7,12-13H2,1H3/t16-,17-/m0/s1. The van der Waals surface area contributed by atoms with Crippen molar-refractivity contribution in [3.8, 4) is 0 Å². The third-order valence-electron chi connectivity index (χ3n) is 4.92. The molecular weight excluding hydrogens is 340 g/mol. The first-order chi connectivity index (χ1) is 10.7. The van der Waals surface area contributed by atoms with Crippen molar-refractivity contribution in [1.82, 2.24) is 9.80 Å². The Labute approximate surface area is 141 Å². The lowest BCUT2D eigenvalue weighted by atomic mass is 9.88. The molecule has 2 atom stereocenters. The van der Waals surface area contributed by atoms with Crippen molar-refractivity contribution >= 4 is 21.8 Å². The molecule has 0 saturated heterocycles. The van der Waals surface area contributed by atoms with Crippen LogP contribution in [0.2, 0.25) is 0 Å². The molecule has 1 heterocycles. The largest absolute Gasteiger partial charge is 0.337 e. The number of likely N-dealkylation sites (N-methyl/N-ethyl adjacent to an activating group) is 1. The number of rotatable bonds is 3. The van der Waals surface area contributed by atoms with Gasteiger partial charge in [-0.25, -0.2) is 0 Å². The molecule has 22 heavy (non-hydrogen) atoms. The number of benzene rings is 1. The van der Waals surface area contributed by atoms with Gasteiger partial charge in [-0.1, -0.05) is 40.9 Å². The molecule has 0 radical (unpaired) electrons. The third-order valence-corrected chi connectivity index (χ3v) is 5.45. The molecule has 0 bridgehead atoms. The van der Waals surface area contributed by atoms with Gasteiger partial charge in [0.25, 0.3) is 5.91 Å². The lowest BCUT2D eigenvalue weighted by Crippen LogP contribution is -2.53. The van der Waals surface area contributed by atoms with Gasteiger partial charge < -0.3 is 4.90 Å². The fraction of sp³-hybridized carbons (Fsp3) is 0.500. The highest BCUT2D eigenvalue weighted by Gasteiger charge is 2.34. The second-order valence-electron chi connectivity index (χ2n) is 6.27. The first kappa shape index (κ1) is 15.8. The van der Waals surface area contributed by atoms with E-state index in [0.29, 0.717) is 12.1 Å². The number of hydrogen-bond acceptors (Lipinski definition) is 2. The fourth-order valence-electron chi connectivity index (χ4n) is 3.68. The van der Waals surface area contributed by atoms with Crippen molar-refractivity contribution in [2.24, 2.45) is 0 Å². The predicted molar refractivity (Wildman–Crippen MR) is 93.0 cm³/mol. The monoisotopic (exact) mass is 362 g/mol. The molecule has 1 aliphatic carbocycles. The Balaban J connectivity index is 1.74. The van der Waals surface area contributed by atoms with Crippen LogP contribution in [0.5, 0.6) is 0 Å². The Bertz CT molecular complexity index is 547. The van der Waals surface area contributed by atoms with Crippen molar-refractivity contribution < 1.29 is 4.79 Å². The molecule has 3 nitrogen and oxygen atoms in total. The van der Waals surface area contributed by atoms with Crippen LogP contribution in [0.4, 0.5) is 0 Å². The van der Waals surface area contributed by atoms with E-state index in [1.807, 2.05) is 36.2 Å². The second kappa shape index (κ2) is 6.97. The predicted octanol–water partition coefficient (Wildman–Crippen LogP) is 3.70. The zero-order valence-corrected chi connectivity index (χ0v) is 14.6. The summed E-state index contributed by atoms with van der Waals surface area (Å²) in [7, 11) is 1.97. The maximum absolute atomic E-state index is 12.8. The number of carbonyl (C=O) groups is 1. The zero-order chi connectivity index (χ0) is 15.5. The molecular formula is C18H23BrN2O. The number of hydrogen-bond donors (Lipinski definition) is 0. The van der Waals surface area contributed by atoms with E-state index < -0.39 is 0 Å². The Morgan fingerprint density at radius 3 is 2.45 bits per heavy atom. The van der Waals surface area contributed by atoms with Gasteiger partial charge in [-0.2, -0.15) is 0 Å². The van der Waals surface area contributed by atoms with Crippen molar-refractivity contribution in [2.75, 3.05) is 20.1 Å². The van der Waals surface area contributed by atoms with Crippen LogP contribution in [0.1, 0.15) is 36.0 Å². The summed E-state index contributed by atoms with van der Waals surface area (Å²) in [6.45, 7) is 2.06. The molecule has 4 heteroatoms. The zero-order valence-electron chi connectivity index (χ0n) is 13.0. The average molecular weight is 363 g/mol. The first-order valence-corrected chi connectivity index (χ1v) is 8.88. The van der Waals surface area contributed by atoms with E-state index in [0.717, 1.165) is 29.5 Å². The second-order valence-corrected chi connectivity index (χ2v) is 7.18. The van der Waals surface area contributed by atoms with Gasteiger partial charge in [0.2, 0.25) is 0 Å². The van der Waals surface area contributed by atoms with Gasteiger partial charge in [0.1, 0.15) is 0 Å². The van der Waals surface area contributed by atoms with Crippen molar-refractivity contribution in [1.29, 1.82) is 0 Å². The van der Waals surface area contributed by atoms with E-state index in [4.69, 9.17) is 0 Å². The number of carbonyl (C=O) groups excluding carboxylic acids is 1. The van der Waals surface area contributed by atoms with Crippen LogP contribution < -0.4 is 0 Å². The molecule has 1 aliphatic heterocycles. The van der Waals surface area contributed by atoms with Crippen LogP contribution in [0, 0.1) is 0 Å². The van der Waals surface area contributed by atoms with Crippen LogP contribution >= 0.6 is 15.9 Å².